The van der Waals surface area contributed by atoms with Gasteiger partial charge in [0.1, 0.15) is 18.2 Å². The number of anilines is 2. The number of rotatable bonds is 4. The van der Waals surface area contributed by atoms with E-state index in [9.17, 15) is 9.90 Å². The van der Waals surface area contributed by atoms with Crippen LogP contribution in [0.2, 0.25) is 0 Å². The lowest BCUT2D eigenvalue weighted by molar-refractivity contribution is -0.125. The molecular weight excluding hydrogens is 396 g/mol. The van der Waals surface area contributed by atoms with Crippen LogP contribution in [0.3, 0.4) is 0 Å². The van der Waals surface area contributed by atoms with Gasteiger partial charge in [0.05, 0.1) is 24.9 Å². The SMILES string of the molecule is O=C1COCCN1c1ccc(-c2cc(N3CC[C@H](O)C3)nc(-c3cccnc3)n2)cn1. The third-order valence-electron chi connectivity index (χ3n) is 5.43. The molecule has 3 aromatic heterocycles. The Morgan fingerprint density at radius 2 is 2.00 bits per heavy atom. The van der Waals surface area contributed by atoms with Gasteiger partial charge >= 0.3 is 0 Å². The zero-order valence-electron chi connectivity index (χ0n) is 16.9. The molecule has 3 aromatic rings. The normalized spacial score (nSPS) is 19.1. The molecule has 9 nitrogen and oxygen atoms in total. The fourth-order valence-electron chi connectivity index (χ4n) is 3.78. The highest BCUT2D eigenvalue weighted by Gasteiger charge is 2.24. The number of β-amino-alcohol motifs (C(OH)–C–C–N with tert-alkyl or cyclic N) is 1. The van der Waals surface area contributed by atoms with E-state index in [1.165, 1.54) is 0 Å². The summed E-state index contributed by atoms with van der Waals surface area (Å²) in [5.74, 6) is 1.83. The van der Waals surface area contributed by atoms with Gasteiger partial charge in [-0.3, -0.25) is 14.7 Å². The Labute approximate surface area is 179 Å². The lowest BCUT2D eigenvalue weighted by Crippen LogP contribution is -2.42. The molecule has 0 saturated carbocycles. The maximum atomic E-state index is 12.1. The fraction of sp³-hybridized carbons (Fsp3) is 0.318. The van der Waals surface area contributed by atoms with E-state index in [4.69, 9.17) is 14.7 Å². The second-order valence-electron chi connectivity index (χ2n) is 7.57. The highest BCUT2D eigenvalue weighted by atomic mass is 16.5. The Hall–Kier alpha value is -3.43. The first-order chi connectivity index (χ1) is 15.2. The smallest absolute Gasteiger partial charge is 0.254 e. The van der Waals surface area contributed by atoms with Crippen molar-refractivity contribution in [3.8, 4) is 22.6 Å². The fourth-order valence-corrected chi connectivity index (χ4v) is 3.78. The number of carbonyl (C=O) groups excluding carboxylic acids is 1. The lowest BCUT2D eigenvalue weighted by Gasteiger charge is -2.25. The number of hydrogen-bond donors (Lipinski definition) is 1. The topological polar surface area (TPSA) is 105 Å². The molecule has 1 amide bonds. The molecule has 5 rings (SSSR count). The Morgan fingerprint density at radius 3 is 2.71 bits per heavy atom. The quantitative estimate of drug-likeness (QED) is 0.680. The van der Waals surface area contributed by atoms with Crippen molar-refractivity contribution in [3.05, 3.63) is 48.9 Å². The van der Waals surface area contributed by atoms with Crippen molar-refractivity contribution in [1.82, 2.24) is 19.9 Å². The number of nitrogens with zero attached hydrogens (tertiary/aromatic N) is 6. The van der Waals surface area contributed by atoms with Gasteiger partial charge in [-0.15, -0.1) is 0 Å². The predicted molar refractivity (Wildman–Crippen MR) is 115 cm³/mol. The van der Waals surface area contributed by atoms with Crippen molar-refractivity contribution < 1.29 is 14.6 Å². The number of carbonyl (C=O) groups is 1. The maximum absolute atomic E-state index is 12.1. The zero-order chi connectivity index (χ0) is 21.2. The number of morpholine rings is 1. The standard InChI is InChI=1S/C22H22N6O3/c29-17-5-7-27(13-17)20-10-18(25-22(26-20)16-2-1-6-23-11-16)15-3-4-19(24-12-15)28-8-9-31-14-21(28)30/h1-4,6,10-12,17,29H,5,7-9,13-14H2/t17-/m0/s1. The molecule has 0 aromatic carbocycles. The molecule has 9 heteroatoms. The van der Waals surface area contributed by atoms with Gasteiger partial charge in [-0.1, -0.05) is 0 Å². The summed E-state index contributed by atoms with van der Waals surface area (Å²) < 4.78 is 5.19. The van der Waals surface area contributed by atoms with E-state index in [0.717, 1.165) is 29.2 Å². The Morgan fingerprint density at radius 1 is 1.06 bits per heavy atom. The summed E-state index contributed by atoms with van der Waals surface area (Å²) in [5.41, 5.74) is 2.35. The number of ether oxygens (including phenoxy) is 1. The third-order valence-corrected chi connectivity index (χ3v) is 5.43. The van der Waals surface area contributed by atoms with Crippen LogP contribution in [0.4, 0.5) is 11.6 Å². The molecule has 2 saturated heterocycles. The molecule has 0 spiro atoms. The minimum Gasteiger partial charge on any atom is -0.391 e. The minimum atomic E-state index is -0.354. The van der Waals surface area contributed by atoms with Crippen LogP contribution < -0.4 is 9.80 Å². The zero-order valence-corrected chi connectivity index (χ0v) is 16.9. The first-order valence-corrected chi connectivity index (χ1v) is 10.2. The second-order valence-corrected chi connectivity index (χ2v) is 7.57. The molecule has 2 aliphatic rings. The van der Waals surface area contributed by atoms with Crippen LogP contribution in [0.5, 0.6) is 0 Å². The number of amides is 1. The van der Waals surface area contributed by atoms with Crippen LogP contribution in [-0.4, -0.2) is 69.9 Å². The molecule has 2 aliphatic heterocycles. The van der Waals surface area contributed by atoms with Crippen LogP contribution in [0.25, 0.3) is 22.6 Å². The van der Waals surface area contributed by atoms with Crippen LogP contribution in [0.1, 0.15) is 6.42 Å². The Bertz CT molecular complexity index is 1080. The number of pyridine rings is 2. The summed E-state index contributed by atoms with van der Waals surface area (Å²) in [4.78, 5) is 33.9. The van der Waals surface area contributed by atoms with Crippen LogP contribution in [0.15, 0.2) is 48.9 Å². The molecule has 0 radical (unpaired) electrons. The lowest BCUT2D eigenvalue weighted by atomic mass is 10.1. The van der Waals surface area contributed by atoms with E-state index in [1.807, 2.05) is 30.3 Å². The largest absolute Gasteiger partial charge is 0.391 e. The van der Waals surface area contributed by atoms with Crippen LogP contribution >= 0.6 is 0 Å². The van der Waals surface area contributed by atoms with Gasteiger partial charge in [0.2, 0.25) is 0 Å². The molecule has 31 heavy (non-hydrogen) atoms. The molecule has 2 fully saturated rings. The summed E-state index contributed by atoms with van der Waals surface area (Å²) in [5, 5.41) is 9.96. The van der Waals surface area contributed by atoms with Gasteiger partial charge in [-0.25, -0.2) is 15.0 Å². The Kier molecular flexibility index (Phi) is 5.27. The van der Waals surface area contributed by atoms with Gasteiger partial charge in [-0.2, -0.15) is 0 Å². The van der Waals surface area contributed by atoms with E-state index in [-0.39, 0.29) is 18.6 Å². The molecule has 5 heterocycles. The molecule has 0 bridgehead atoms. The molecule has 0 unspecified atom stereocenters. The van der Waals surface area contributed by atoms with E-state index < -0.39 is 0 Å². The Balaban J connectivity index is 1.51. The van der Waals surface area contributed by atoms with Crippen molar-refractivity contribution in [3.63, 3.8) is 0 Å². The molecular formula is C22H22N6O3. The summed E-state index contributed by atoms with van der Waals surface area (Å²) in [7, 11) is 0. The van der Waals surface area contributed by atoms with Crippen molar-refractivity contribution in [2.45, 2.75) is 12.5 Å². The minimum absolute atomic E-state index is 0.0782. The first-order valence-electron chi connectivity index (χ1n) is 10.2. The second kappa shape index (κ2) is 8.37. The van der Waals surface area contributed by atoms with Gasteiger partial charge in [-0.05, 0) is 30.7 Å². The van der Waals surface area contributed by atoms with Gasteiger partial charge in [0, 0.05) is 48.9 Å². The van der Waals surface area contributed by atoms with Crippen molar-refractivity contribution in [2.75, 3.05) is 42.6 Å². The molecule has 0 aliphatic carbocycles. The predicted octanol–water partition coefficient (Wildman–Crippen LogP) is 1.53. The van der Waals surface area contributed by atoms with Crippen LogP contribution in [0, 0.1) is 0 Å². The van der Waals surface area contributed by atoms with Gasteiger partial charge < -0.3 is 14.7 Å². The third kappa shape index (κ3) is 4.10. The monoisotopic (exact) mass is 418 g/mol. The summed E-state index contributed by atoms with van der Waals surface area (Å²) in [6.07, 6.45) is 5.52. The average molecular weight is 418 g/mol. The van der Waals surface area contributed by atoms with Crippen molar-refractivity contribution in [2.24, 2.45) is 0 Å². The van der Waals surface area contributed by atoms with E-state index >= 15 is 0 Å². The number of aliphatic hydroxyl groups is 1. The highest BCUT2D eigenvalue weighted by molar-refractivity contribution is 5.94. The van der Waals surface area contributed by atoms with Gasteiger partial charge in [0.15, 0.2) is 5.82 Å². The van der Waals surface area contributed by atoms with Crippen molar-refractivity contribution >= 4 is 17.5 Å². The summed E-state index contributed by atoms with van der Waals surface area (Å²) in [6, 6.07) is 9.40. The van der Waals surface area contributed by atoms with E-state index in [0.29, 0.717) is 37.8 Å². The van der Waals surface area contributed by atoms with Crippen LogP contribution in [-0.2, 0) is 9.53 Å². The molecule has 1 N–H and O–H groups in total. The highest BCUT2D eigenvalue weighted by Crippen LogP contribution is 2.28. The van der Waals surface area contributed by atoms with Gasteiger partial charge in [0.25, 0.3) is 5.91 Å². The number of aliphatic hydroxyl groups excluding tert-OH is 1. The molecule has 1 atom stereocenters. The first kappa shape index (κ1) is 19.5. The molecule has 158 valence electrons. The van der Waals surface area contributed by atoms with E-state index in [1.54, 1.807) is 23.5 Å². The summed E-state index contributed by atoms with van der Waals surface area (Å²) in [6.45, 7) is 2.35. The number of hydrogen-bond acceptors (Lipinski definition) is 8. The average Bonchev–Trinajstić information content (AvgIpc) is 3.26. The number of aromatic nitrogens is 4. The van der Waals surface area contributed by atoms with E-state index in [2.05, 4.69) is 14.9 Å². The maximum Gasteiger partial charge on any atom is 0.254 e. The summed E-state index contributed by atoms with van der Waals surface area (Å²) >= 11 is 0. The van der Waals surface area contributed by atoms with Crippen molar-refractivity contribution in [1.29, 1.82) is 0 Å².